The summed E-state index contributed by atoms with van der Waals surface area (Å²) in [6.45, 7) is 1.04. The van der Waals surface area contributed by atoms with Gasteiger partial charge in [-0.2, -0.15) is 0 Å². The first-order chi connectivity index (χ1) is 13.6. The summed E-state index contributed by atoms with van der Waals surface area (Å²) in [5.74, 6) is 2.21. The van der Waals surface area contributed by atoms with Gasteiger partial charge in [-0.3, -0.25) is 9.69 Å². The van der Waals surface area contributed by atoms with E-state index in [1.807, 2.05) is 29.2 Å². The SMILES string of the molecule is COc1cc(OC)c(NC(=O)CN(Cc2ccco2)Cc2ccco2)cc1Cl. The smallest absolute Gasteiger partial charge is 0.238 e. The van der Waals surface area contributed by atoms with Gasteiger partial charge in [0.1, 0.15) is 23.0 Å². The zero-order valence-corrected chi connectivity index (χ0v) is 16.4. The van der Waals surface area contributed by atoms with Crippen LogP contribution in [-0.4, -0.2) is 31.6 Å². The van der Waals surface area contributed by atoms with Crippen LogP contribution in [0, 0.1) is 0 Å². The molecule has 0 aliphatic carbocycles. The van der Waals surface area contributed by atoms with E-state index in [1.165, 1.54) is 14.2 Å². The van der Waals surface area contributed by atoms with Crippen LogP contribution in [0.4, 0.5) is 5.69 Å². The third-order valence-corrected chi connectivity index (χ3v) is 4.33. The van der Waals surface area contributed by atoms with Crippen molar-refractivity contribution >= 4 is 23.2 Å². The maximum absolute atomic E-state index is 12.7. The molecule has 8 heteroatoms. The van der Waals surface area contributed by atoms with Crippen molar-refractivity contribution in [3.63, 3.8) is 0 Å². The second kappa shape index (κ2) is 9.34. The van der Waals surface area contributed by atoms with Crippen LogP contribution in [0.15, 0.2) is 57.8 Å². The summed E-state index contributed by atoms with van der Waals surface area (Å²) >= 11 is 6.17. The molecule has 0 radical (unpaired) electrons. The molecule has 2 heterocycles. The average molecular weight is 405 g/mol. The molecule has 0 bridgehead atoms. The maximum atomic E-state index is 12.7. The number of amides is 1. The molecular formula is C20H21ClN2O5. The van der Waals surface area contributed by atoms with Crippen LogP contribution in [0.25, 0.3) is 0 Å². The Labute approximate surface area is 167 Å². The molecule has 28 heavy (non-hydrogen) atoms. The van der Waals surface area contributed by atoms with E-state index in [9.17, 15) is 4.79 Å². The maximum Gasteiger partial charge on any atom is 0.238 e. The lowest BCUT2D eigenvalue weighted by molar-refractivity contribution is -0.117. The Kier molecular flexibility index (Phi) is 6.62. The number of benzene rings is 1. The summed E-state index contributed by atoms with van der Waals surface area (Å²) in [4.78, 5) is 14.6. The fourth-order valence-electron chi connectivity index (χ4n) is 2.76. The number of nitrogens with one attached hydrogen (secondary N) is 1. The Morgan fingerprint density at radius 2 is 1.64 bits per heavy atom. The van der Waals surface area contributed by atoms with E-state index in [-0.39, 0.29) is 12.5 Å². The van der Waals surface area contributed by atoms with Crippen molar-refractivity contribution in [3.05, 3.63) is 65.5 Å². The number of hydrogen-bond donors (Lipinski definition) is 1. The van der Waals surface area contributed by atoms with E-state index < -0.39 is 0 Å². The van der Waals surface area contributed by atoms with Gasteiger partial charge in [0.05, 0.1) is 57.1 Å². The van der Waals surface area contributed by atoms with Gasteiger partial charge in [0.15, 0.2) is 0 Å². The standard InChI is InChI=1S/C20H21ClN2O5/c1-25-18-10-19(26-2)17(9-16(18)21)22-20(24)13-23(11-14-5-3-7-27-14)12-15-6-4-8-28-15/h3-10H,11-13H2,1-2H3,(H,22,24). The van der Waals surface area contributed by atoms with Crippen molar-refractivity contribution in [2.24, 2.45) is 0 Å². The molecule has 0 saturated carbocycles. The normalized spacial score (nSPS) is 10.9. The van der Waals surface area contributed by atoms with E-state index in [1.54, 1.807) is 24.7 Å². The first kappa shape index (κ1) is 19.9. The van der Waals surface area contributed by atoms with E-state index >= 15 is 0 Å². The number of furan rings is 2. The molecule has 3 aromatic rings. The zero-order chi connectivity index (χ0) is 19.9. The van der Waals surface area contributed by atoms with Gasteiger partial charge in [-0.05, 0) is 30.3 Å². The van der Waals surface area contributed by atoms with Crippen molar-refractivity contribution in [1.82, 2.24) is 4.90 Å². The average Bonchev–Trinajstić information content (AvgIpc) is 3.36. The predicted octanol–water partition coefficient (Wildman–Crippen LogP) is 4.18. The van der Waals surface area contributed by atoms with Gasteiger partial charge in [-0.25, -0.2) is 0 Å². The Bertz CT molecular complexity index is 857. The van der Waals surface area contributed by atoms with Crippen molar-refractivity contribution in [2.45, 2.75) is 13.1 Å². The van der Waals surface area contributed by atoms with Gasteiger partial charge < -0.3 is 23.6 Å². The second-order valence-corrected chi connectivity index (χ2v) is 6.45. The molecule has 148 valence electrons. The van der Waals surface area contributed by atoms with Gasteiger partial charge in [-0.15, -0.1) is 0 Å². The molecule has 0 aliphatic rings. The number of hydrogen-bond acceptors (Lipinski definition) is 6. The monoisotopic (exact) mass is 404 g/mol. The number of carbonyl (C=O) groups is 1. The fourth-order valence-corrected chi connectivity index (χ4v) is 3.00. The molecule has 0 unspecified atom stereocenters. The van der Waals surface area contributed by atoms with Gasteiger partial charge in [-0.1, -0.05) is 11.6 Å². The first-order valence-electron chi connectivity index (χ1n) is 8.57. The van der Waals surface area contributed by atoms with Crippen molar-refractivity contribution in [2.75, 3.05) is 26.1 Å². The molecule has 0 fully saturated rings. The molecule has 1 aromatic carbocycles. The lowest BCUT2D eigenvalue weighted by Crippen LogP contribution is -2.32. The molecule has 0 atom stereocenters. The highest BCUT2D eigenvalue weighted by Gasteiger charge is 2.17. The topological polar surface area (TPSA) is 77.1 Å². The van der Waals surface area contributed by atoms with E-state index in [2.05, 4.69) is 5.32 Å². The number of nitrogens with zero attached hydrogens (tertiary/aromatic N) is 1. The van der Waals surface area contributed by atoms with Crippen molar-refractivity contribution < 1.29 is 23.1 Å². The molecule has 0 spiro atoms. The molecule has 0 aliphatic heterocycles. The summed E-state index contributed by atoms with van der Waals surface area (Å²) in [6, 6.07) is 10.6. The Morgan fingerprint density at radius 3 is 2.14 bits per heavy atom. The van der Waals surface area contributed by atoms with E-state index in [0.717, 1.165) is 11.5 Å². The second-order valence-electron chi connectivity index (χ2n) is 6.04. The summed E-state index contributed by atoms with van der Waals surface area (Å²) in [5.41, 5.74) is 0.467. The molecule has 3 rings (SSSR count). The number of halogens is 1. The minimum atomic E-state index is -0.224. The third-order valence-electron chi connectivity index (χ3n) is 4.03. The summed E-state index contributed by atoms with van der Waals surface area (Å²) in [5, 5.41) is 3.21. The van der Waals surface area contributed by atoms with Crippen LogP contribution in [0.5, 0.6) is 11.5 Å². The number of ether oxygens (including phenoxy) is 2. The van der Waals surface area contributed by atoms with Gasteiger partial charge in [0.25, 0.3) is 0 Å². The molecule has 7 nitrogen and oxygen atoms in total. The highest BCUT2D eigenvalue weighted by atomic mass is 35.5. The number of carbonyl (C=O) groups excluding carboxylic acids is 1. The lowest BCUT2D eigenvalue weighted by atomic mass is 10.2. The van der Waals surface area contributed by atoms with E-state index in [4.69, 9.17) is 29.9 Å². The first-order valence-corrected chi connectivity index (χ1v) is 8.95. The Morgan fingerprint density at radius 1 is 1.04 bits per heavy atom. The summed E-state index contributed by atoms with van der Waals surface area (Å²) in [6.07, 6.45) is 3.20. The number of anilines is 1. The van der Waals surface area contributed by atoms with Gasteiger partial charge in [0, 0.05) is 6.07 Å². The largest absolute Gasteiger partial charge is 0.495 e. The number of rotatable bonds is 9. The highest BCUT2D eigenvalue weighted by Crippen LogP contribution is 2.35. The highest BCUT2D eigenvalue weighted by molar-refractivity contribution is 6.32. The molecule has 1 N–H and O–H groups in total. The Balaban J connectivity index is 1.71. The fraction of sp³-hybridized carbons (Fsp3) is 0.250. The minimum Gasteiger partial charge on any atom is -0.495 e. The summed E-state index contributed by atoms with van der Waals surface area (Å²) < 4.78 is 21.3. The van der Waals surface area contributed by atoms with Gasteiger partial charge >= 0.3 is 0 Å². The van der Waals surface area contributed by atoms with Crippen LogP contribution in [0.3, 0.4) is 0 Å². The summed E-state index contributed by atoms with van der Waals surface area (Å²) in [7, 11) is 3.03. The van der Waals surface area contributed by atoms with Gasteiger partial charge in [0.2, 0.25) is 5.91 Å². The van der Waals surface area contributed by atoms with E-state index in [0.29, 0.717) is 35.3 Å². The van der Waals surface area contributed by atoms with Crippen LogP contribution in [-0.2, 0) is 17.9 Å². The molecule has 2 aromatic heterocycles. The predicted molar refractivity (Wildman–Crippen MR) is 105 cm³/mol. The van der Waals surface area contributed by atoms with Crippen LogP contribution in [0.1, 0.15) is 11.5 Å². The molecular weight excluding hydrogens is 384 g/mol. The zero-order valence-electron chi connectivity index (χ0n) is 15.6. The van der Waals surface area contributed by atoms with Crippen LogP contribution in [0.2, 0.25) is 5.02 Å². The Hall–Kier alpha value is -2.90. The van der Waals surface area contributed by atoms with Crippen molar-refractivity contribution in [3.8, 4) is 11.5 Å². The van der Waals surface area contributed by atoms with Crippen LogP contribution < -0.4 is 14.8 Å². The molecule has 1 amide bonds. The van der Waals surface area contributed by atoms with Crippen molar-refractivity contribution in [1.29, 1.82) is 0 Å². The lowest BCUT2D eigenvalue weighted by Gasteiger charge is -2.20. The quantitative estimate of drug-likeness (QED) is 0.576. The number of methoxy groups -OCH3 is 2. The third kappa shape index (κ3) is 5.09. The molecule has 0 saturated heterocycles. The van der Waals surface area contributed by atoms with Crippen LogP contribution >= 0.6 is 11.6 Å². The minimum absolute atomic E-state index is 0.119.